The second-order valence-corrected chi connectivity index (χ2v) is 8.47. The Morgan fingerprint density at radius 1 is 1.18 bits per heavy atom. The molecule has 12 heteroatoms. The number of alkyl halides is 2. The van der Waals surface area contributed by atoms with Gasteiger partial charge in [0.2, 0.25) is 0 Å². The lowest BCUT2D eigenvalue weighted by molar-refractivity contribution is 0.102. The van der Waals surface area contributed by atoms with Gasteiger partial charge in [-0.2, -0.15) is 10.2 Å². The Labute approximate surface area is 195 Å². The number of carbonyl (C=O) groups excluding carboxylic acids is 1. The standard InChI is InChI=1S/C21H15Cl2F3N6O/c22-12-2-1-3-14(24)11(12)8-31-9-13(23)20(30-31)28-21(33)16-7-18-27-15(10-4-5-10)6-17(19(25)26)32(18)29-16/h1-3,6-7,9-10,19H,4-5,8H2,(H,28,30,33). The van der Waals surface area contributed by atoms with Gasteiger partial charge in [-0.1, -0.05) is 29.3 Å². The molecule has 5 rings (SSSR count). The van der Waals surface area contributed by atoms with Crippen LogP contribution in [0.5, 0.6) is 0 Å². The van der Waals surface area contributed by atoms with E-state index < -0.39 is 18.1 Å². The zero-order valence-corrected chi connectivity index (χ0v) is 18.3. The van der Waals surface area contributed by atoms with Crippen molar-refractivity contribution in [3.05, 3.63) is 75.0 Å². The minimum absolute atomic E-state index is 0.00639. The molecule has 0 unspecified atom stereocenters. The molecule has 33 heavy (non-hydrogen) atoms. The van der Waals surface area contributed by atoms with E-state index in [0.29, 0.717) is 5.69 Å². The number of fused-ring (bicyclic) bond motifs is 1. The molecule has 7 nitrogen and oxygen atoms in total. The lowest BCUT2D eigenvalue weighted by Gasteiger charge is -2.06. The quantitative estimate of drug-likeness (QED) is 0.384. The van der Waals surface area contributed by atoms with Crippen LogP contribution in [0.25, 0.3) is 5.65 Å². The minimum atomic E-state index is -2.78. The van der Waals surface area contributed by atoms with Crippen LogP contribution >= 0.6 is 23.2 Å². The van der Waals surface area contributed by atoms with E-state index in [2.05, 4.69) is 20.5 Å². The van der Waals surface area contributed by atoms with E-state index in [-0.39, 0.29) is 50.9 Å². The smallest absolute Gasteiger partial charge is 0.280 e. The molecule has 1 amide bonds. The van der Waals surface area contributed by atoms with Crippen LogP contribution in [0.3, 0.4) is 0 Å². The van der Waals surface area contributed by atoms with E-state index in [1.165, 1.54) is 35.1 Å². The van der Waals surface area contributed by atoms with E-state index in [0.717, 1.165) is 17.4 Å². The van der Waals surface area contributed by atoms with Gasteiger partial charge in [0, 0.05) is 34.5 Å². The van der Waals surface area contributed by atoms with Crippen LogP contribution in [0.15, 0.2) is 36.5 Å². The fourth-order valence-corrected chi connectivity index (χ4v) is 3.87. The Bertz CT molecular complexity index is 1360. The molecule has 0 atom stereocenters. The van der Waals surface area contributed by atoms with Crippen molar-refractivity contribution in [1.29, 1.82) is 0 Å². The Morgan fingerprint density at radius 3 is 2.67 bits per heavy atom. The second kappa shape index (κ2) is 8.35. The Hall–Kier alpha value is -3.11. The van der Waals surface area contributed by atoms with Gasteiger partial charge in [-0.25, -0.2) is 22.7 Å². The van der Waals surface area contributed by atoms with Gasteiger partial charge in [0.1, 0.15) is 16.5 Å². The summed E-state index contributed by atoms with van der Waals surface area (Å²) in [6, 6.07) is 6.97. The van der Waals surface area contributed by atoms with Crippen molar-refractivity contribution in [1.82, 2.24) is 24.4 Å². The fourth-order valence-electron chi connectivity index (χ4n) is 3.45. The van der Waals surface area contributed by atoms with Crippen LogP contribution in [0.1, 0.15) is 52.6 Å². The zero-order chi connectivity index (χ0) is 23.3. The summed E-state index contributed by atoms with van der Waals surface area (Å²) >= 11 is 12.2. The number of carbonyl (C=O) groups is 1. The third-order valence-electron chi connectivity index (χ3n) is 5.26. The molecule has 3 heterocycles. The van der Waals surface area contributed by atoms with Crippen molar-refractivity contribution in [2.75, 3.05) is 5.32 Å². The van der Waals surface area contributed by atoms with Gasteiger partial charge in [-0.05, 0) is 31.0 Å². The molecule has 0 bridgehead atoms. The minimum Gasteiger partial charge on any atom is -0.302 e. The molecule has 170 valence electrons. The normalized spacial score (nSPS) is 13.8. The van der Waals surface area contributed by atoms with Crippen LogP contribution in [0.4, 0.5) is 19.0 Å². The van der Waals surface area contributed by atoms with Gasteiger partial charge < -0.3 is 5.32 Å². The van der Waals surface area contributed by atoms with Gasteiger partial charge >= 0.3 is 0 Å². The maximum Gasteiger partial charge on any atom is 0.280 e. The summed E-state index contributed by atoms with van der Waals surface area (Å²) in [5, 5.41) is 11.0. The highest BCUT2D eigenvalue weighted by atomic mass is 35.5. The van der Waals surface area contributed by atoms with Crippen molar-refractivity contribution >= 4 is 40.6 Å². The highest BCUT2D eigenvalue weighted by Gasteiger charge is 2.28. The Balaban J connectivity index is 1.40. The van der Waals surface area contributed by atoms with Crippen LogP contribution in [-0.2, 0) is 6.54 Å². The third-order valence-corrected chi connectivity index (χ3v) is 5.89. The van der Waals surface area contributed by atoms with Crippen molar-refractivity contribution in [2.45, 2.75) is 31.7 Å². The van der Waals surface area contributed by atoms with Gasteiger partial charge in [-0.3, -0.25) is 9.48 Å². The monoisotopic (exact) mass is 494 g/mol. The fraction of sp³-hybridized carbons (Fsp3) is 0.238. The van der Waals surface area contributed by atoms with Crippen molar-refractivity contribution < 1.29 is 18.0 Å². The van der Waals surface area contributed by atoms with Crippen molar-refractivity contribution in [2.24, 2.45) is 0 Å². The molecule has 1 aliphatic rings. The summed E-state index contributed by atoms with van der Waals surface area (Å²) < 4.78 is 43.4. The van der Waals surface area contributed by atoms with Gasteiger partial charge in [0.05, 0.1) is 6.54 Å². The highest BCUT2D eigenvalue weighted by molar-refractivity contribution is 6.33. The number of rotatable bonds is 6. The molecule has 0 spiro atoms. The van der Waals surface area contributed by atoms with Gasteiger partial charge in [0.15, 0.2) is 17.2 Å². The molecule has 0 radical (unpaired) electrons. The van der Waals surface area contributed by atoms with E-state index in [1.807, 2.05) is 0 Å². The van der Waals surface area contributed by atoms with E-state index in [4.69, 9.17) is 23.2 Å². The average Bonchev–Trinajstić information content (AvgIpc) is 3.44. The molecule has 1 fully saturated rings. The Morgan fingerprint density at radius 2 is 1.97 bits per heavy atom. The number of nitrogens with one attached hydrogen (secondary N) is 1. The van der Waals surface area contributed by atoms with Crippen LogP contribution in [-0.4, -0.2) is 30.3 Å². The number of hydrogen-bond acceptors (Lipinski definition) is 4. The van der Waals surface area contributed by atoms with Crippen molar-refractivity contribution in [3.8, 4) is 0 Å². The van der Waals surface area contributed by atoms with E-state index >= 15 is 0 Å². The third kappa shape index (κ3) is 4.28. The maximum atomic E-state index is 14.0. The molecule has 1 saturated carbocycles. The highest BCUT2D eigenvalue weighted by Crippen LogP contribution is 2.40. The first-order chi connectivity index (χ1) is 15.8. The molecule has 4 aromatic rings. The average molecular weight is 495 g/mol. The number of benzene rings is 1. The molecule has 1 aliphatic carbocycles. The molecule has 0 aliphatic heterocycles. The predicted octanol–water partition coefficient (Wildman–Crippen LogP) is 5.49. The molecular formula is C21H15Cl2F3N6O. The van der Waals surface area contributed by atoms with Gasteiger partial charge in [-0.15, -0.1) is 0 Å². The summed E-state index contributed by atoms with van der Waals surface area (Å²) in [4.78, 5) is 17.1. The number of nitrogens with zero attached hydrogens (tertiary/aromatic N) is 5. The van der Waals surface area contributed by atoms with E-state index in [1.54, 1.807) is 6.07 Å². The first-order valence-electron chi connectivity index (χ1n) is 9.96. The predicted molar refractivity (Wildman–Crippen MR) is 116 cm³/mol. The SMILES string of the molecule is O=C(Nc1nn(Cc2c(F)cccc2Cl)cc1Cl)c1cc2nc(C3CC3)cc(C(F)F)n2n1. The van der Waals surface area contributed by atoms with Crippen LogP contribution in [0.2, 0.25) is 10.0 Å². The number of halogens is 5. The summed E-state index contributed by atoms with van der Waals surface area (Å²) in [6.07, 6.45) is 0.417. The molecule has 1 aromatic carbocycles. The lowest BCUT2D eigenvalue weighted by Crippen LogP contribution is -2.14. The maximum absolute atomic E-state index is 14.0. The summed E-state index contributed by atoms with van der Waals surface area (Å²) in [7, 11) is 0. The summed E-state index contributed by atoms with van der Waals surface area (Å²) in [5.74, 6) is -1.04. The van der Waals surface area contributed by atoms with Crippen LogP contribution in [0, 0.1) is 5.82 Å². The number of aromatic nitrogens is 5. The first-order valence-corrected chi connectivity index (χ1v) is 10.7. The number of hydrogen-bond donors (Lipinski definition) is 1. The summed E-state index contributed by atoms with van der Waals surface area (Å²) in [5.41, 5.74) is 0.489. The van der Waals surface area contributed by atoms with Crippen molar-refractivity contribution in [3.63, 3.8) is 0 Å². The number of anilines is 1. The Kier molecular flexibility index (Phi) is 5.49. The lowest BCUT2D eigenvalue weighted by atomic mass is 10.2. The van der Waals surface area contributed by atoms with E-state index in [9.17, 15) is 18.0 Å². The van der Waals surface area contributed by atoms with Gasteiger partial charge in [0.25, 0.3) is 12.3 Å². The zero-order valence-electron chi connectivity index (χ0n) is 16.8. The molecule has 1 N–H and O–H groups in total. The first kappa shape index (κ1) is 21.7. The molecule has 0 saturated heterocycles. The molecular weight excluding hydrogens is 480 g/mol. The summed E-state index contributed by atoms with van der Waals surface area (Å²) in [6.45, 7) is -0.0128. The topological polar surface area (TPSA) is 77.1 Å². The van der Waals surface area contributed by atoms with Crippen LogP contribution < -0.4 is 5.32 Å². The molecule has 3 aromatic heterocycles. The number of amides is 1. The largest absolute Gasteiger partial charge is 0.302 e. The second-order valence-electron chi connectivity index (χ2n) is 7.66.